The monoisotopic (exact) mass is 260 g/mol. The number of carbonyl (C=O) groups excluding carboxylic acids is 1. The quantitative estimate of drug-likeness (QED) is 0.358. The molecule has 0 aliphatic carbocycles. The summed E-state index contributed by atoms with van der Waals surface area (Å²) < 4.78 is 15.1. The molecule has 0 bridgehead atoms. The minimum atomic E-state index is -1.17. The molecule has 0 amide bonds. The van der Waals surface area contributed by atoms with Gasteiger partial charge in [0, 0.05) is 18.3 Å². The Hall–Kier alpha value is -1.40. The molecule has 0 saturated carbocycles. The highest BCUT2D eigenvalue weighted by Gasteiger charge is 2.06. The lowest BCUT2D eigenvalue weighted by atomic mass is 10.3. The molecule has 0 aliphatic rings. The van der Waals surface area contributed by atoms with Crippen LogP contribution in [0, 0.1) is 0 Å². The van der Waals surface area contributed by atoms with Gasteiger partial charge in [0.15, 0.2) is 0 Å². The van der Waals surface area contributed by atoms with E-state index >= 15 is 0 Å². The van der Waals surface area contributed by atoms with Crippen molar-refractivity contribution in [2.24, 2.45) is 0 Å². The first kappa shape index (κ1) is 16.6. The second-order valence-corrected chi connectivity index (χ2v) is 3.53. The molecule has 0 aliphatic heterocycles. The molecule has 0 aromatic heterocycles. The van der Waals surface area contributed by atoms with Crippen LogP contribution in [-0.4, -0.2) is 50.1 Å². The van der Waals surface area contributed by atoms with E-state index in [0.717, 1.165) is 12.5 Å². The fourth-order valence-corrected chi connectivity index (χ4v) is 1.02. The van der Waals surface area contributed by atoms with E-state index in [9.17, 15) is 9.59 Å². The van der Waals surface area contributed by atoms with Crippen LogP contribution in [0.2, 0.25) is 0 Å². The summed E-state index contributed by atoms with van der Waals surface area (Å²) in [6.07, 6.45) is 1.77. The third-order valence-electron chi connectivity index (χ3n) is 1.84. The number of hydrogen-bond donors (Lipinski definition) is 1. The first-order valence-electron chi connectivity index (χ1n) is 5.81. The summed E-state index contributed by atoms with van der Waals surface area (Å²) in [5.74, 6) is -1.82. The van der Waals surface area contributed by atoms with E-state index in [2.05, 4.69) is 0 Å². The predicted molar refractivity (Wildman–Crippen MR) is 64.3 cm³/mol. The lowest BCUT2D eigenvalue weighted by molar-refractivity contribution is -0.141. The molecule has 104 valence electrons. The summed E-state index contributed by atoms with van der Waals surface area (Å²) in [6, 6.07) is 0. The second kappa shape index (κ2) is 10.7. The molecule has 1 N–H and O–H groups in total. The smallest absolute Gasteiger partial charge is 0.334 e. The molecular weight excluding hydrogens is 240 g/mol. The van der Waals surface area contributed by atoms with E-state index in [4.69, 9.17) is 19.3 Å². The maximum Gasteiger partial charge on any atom is 0.334 e. The number of ether oxygens (including phenoxy) is 3. The number of carboxylic acid groups (broad SMARTS) is 1. The highest BCUT2D eigenvalue weighted by atomic mass is 16.6. The van der Waals surface area contributed by atoms with Crippen molar-refractivity contribution in [3.63, 3.8) is 0 Å². The number of carbonyl (C=O) groups is 2. The van der Waals surface area contributed by atoms with Crippen LogP contribution in [0.1, 0.15) is 20.3 Å². The molecule has 0 atom stereocenters. The highest BCUT2D eigenvalue weighted by molar-refractivity contribution is 5.95. The normalized spacial score (nSPS) is 11.3. The summed E-state index contributed by atoms with van der Waals surface area (Å²) in [5.41, 5.74) is 0.0498. The molecule has 0 saturated heterocycles. The Balaban J connectivity index is 3.49. The average molecular weight is 260 g/mol. The number of carboxylic acids is 1. The Labute approximate surface area is 107 Å². The maximum absolute atomic E-state index is 11.2. The molecule has 0 aromatic carbocycles. The number of esters is 1. The van der Waals surface area contributed by atoms with Gasteiger partial charge in [-0.15, -0.1) is 0 Å². The van der Waals surface area contributed by atoms with Crippen molar-refractivity contribution in [3.05, 3.63) is 11.6 Å². The molecule has 6 nitrogen and oxygen atoms in total. The summed E-state index contributed by atoms with van der Waals surface area (Å²) in [7, 11) is 0. The van der Waals surface area contributed by atoms with E-state index in [-0.39, 0.29) is 18.8 Å². The lowest BCUT2D eigenvalue weighted by Crippen LogP contribution is -2.14. The molecule has 0 rings (SSSR count). The van der Waals surface area contributed by atoms with Crippen LogP contribution < -0.4 is 0 Å². The minimum Gasteiger partial charge on any atom is -0.478 e. The molecule has 0 unspecified atom stereocenters. The minimum absolute atomic E-state index is 0.0498. The maximum atomic E-state index is 11.2. The van der Waals surface area contributed by atoms with Crippen molar-refractivity contribution in [3.8, 4) is 0 Å². The zero-order chi connectivity index (χ0) is 13.8. The van der Waals surface area contributed by atoms with Gasteiger partial charge in [-0.05, 0) is 13.3 Å². The van der Waals surface area contributed by atoms with Crippen LogP contribution in [-0.2, 0) is 23.8 Å². The molecule has 18 heavy (non-hydrogen) atoms. The number of hydrogen-bond acceptors (Lipinski definition) is 5. The Morgan fingerprint density at radius 3 is 2.17 bits per heavy atom. The Bertz CT molecular complexity index is 284. The van der Waals surface area contributed by atoms with Crippen molar-refractivity contribution in [2.45, 2.75) is 20.3 Å². The molecular formula is C12H20O6. The van der Waals surface area contributed by atoms with Crippen LogP contribution >= 0.6 is 0 Å². The fourth-order valence-electron chi connectivity index (χ4n) is 1.02. The van der Waals surface area contributed by atoms with E-state index in [1.54, 1.807) is 0 Å². The molecule has 0 spiro atoms. The lowest BCUT2D eigenvalue weighted by Gasteiger charge is -2.06. The average Bonchev–Trinajstić information content (AvgIpc) is 2.31. The second-order valence-electron chi connectivity index (χ2n) is 3.53. The SMILES string of the molecule is CCCOCCOCCOC(=O)/C(C)=C\C(=O)O. The van der Waals surface area contributed by atoms with Gasteiger partial charge >= 0.3 is 11.9 Å². The van der Waals surface area contributed by atoms with Crippen molar-refractivity contribution < 1.29 is 28.9 Å². The summed E-state index contributed by atoms with van der Waals surface area (Å²) in [5, 5.41) is 8.42. The van der Waals surface area contributed by atoms with Gasteiger partial charge in [0.1, 0.15) is 6.61 Å². The largest absolute Gasteiger partial charge is 0.478 e. The molecule has 0 fully saturated rings. The van der Waals surface area contributed by atoms with Crippen molar-refractivity contribution in [2.75, 3.05) is 33.0 Å². The van der Waals surface area contributed by atoms with Gasteiger partial charge in [0.25, 0.3) is 0 Å². The van der Waals surface area contributed by atoms with Crippen molar-refractivity contribution >= 4 is 11.9 Å². The fraction of sp³-hybridized carbons (Fsp3) is 0.667. The summed E-state index contributed by atoms with van der Waals surface area (Å²) in [6.45, 7) is 5.43. The molecule has 6 heteroatoms. The van der Waals surface area contributed by atoms with Gasteiger partial charge in [0.05, 0.1) is 19.8 Å². The zero-order valence-electron chi connectivity index (χ0n) is 10.8. The Kier molecular flexibility index (Phi) is 9.90. The molecule has 0 aromatic rings. The van der Waals surface area contributed by atoms with E-state index < -0.39 is 11.9 Å². The van der Waals surface area contributed by atoms with E-state index in [1.807, 2.05) is 6.92 Å². The Morgan fingerprint density at radius 1 is 1.06 bits per heavy atom. The number of aliphatic carboxylic acids is 1. The van der Waals surface area contributed by atoms with Crippen LogP contribution in [0.3, 0.4) is 0 Å². The zero-order valence-corrected chi connectivity index (χ0v) is 10.8. The molecule has 0 heterocycles. The highest BCUT2D eigenvalue weighted by Crippen LogP contribution is 1.96. The Morgan fingerprint density at radius 2 is 1.61 bits per heavy atom. The van der Waals surface area contributed by atoms with Crippen LogP contribution in [0.15, 0.2) is 11.6 Å². The predicted octanol–water partition coefficient (Wildman–Crippen LogP) is 1.00. The first-order chi connectivity index (χ1) is 8.57. The van der Waals surface area contributed by atoms with E-state index in [0.29, 0.717) is 19.8 Å². The van der Waals surface area contributed by atoms with Crippen LogP contribution in [0.25, 0.3) is 0 Å². The van der Waals surface area contributed by atoms with Crippen LogP contribution in [0.5, 0.6) is 0 Å². The van der Waals surface area contributed by atoms with Gasteiger partial charge in [-0.3, -0.25) is 0 Å². The summed E-state index contributed by atoms with van der Waals surface area (Å²) in [4.78, 5) is 21.5. The van der Waals surface area contributed by atoms with Gasteiger partial charge in [-0.25, -0.2) is 9.59 Å². The summed E-state index contributed by atoms with van der Waals surface area (Å²) >= 11 is 0. The van der Waals surface area contributed by atoms with Crippen molar-refractivity contribution in [1.82, 2.24) is 0 Å². The first-order valence-corrected chi connectivity index (χ1v) is 5.81. The van der Waals surface area contributed by atoms with Gasteiger partial charge < -0.3 is 19.3 Å². The van der Waals surface area contributed by atoms with Gasteiger partial charge in [-0.1, -0.05) is 6.92 Å². The van der Waals surface area contributed by atoms with E-state index in [1.165, 1.54) is 6.92 Å². The van der Waals surface area contributed by atoms with Gasteiger partial charge in [0.2, 0.25) is 0 Å². The third-order valence-corrected chi connectivity index (χ3v) is 1.84. The van der Waals surface area contributed by atoms with Crippen molar-refractivity contribution in [1.29, 1.82) is 0 Å². The topological polar surface area (TPSA) is 82.1 Å². The van der Waals surface area contributed by atoms with Gasteiger partial charge in [-0.2, -0.15) is 0 Å². The number of rotatable bonds is 10. The standard InChI is InChI=1S/C12H20O6/c1-3-4-16-5-6-17-7-8-18-12(15)10(2)9-11(13)14/h9H,3-8H2,1-2H3,(H,13,14)/b10-9-. The third kappa shape index (κ3) is 9.80. The van der Waals surface area contributed by atoms with Crippen LogP contribution in [0.4, 0.5) is 0 Å². The molecule has 0 radical (unpaired) electrons.